The van der Waals surface area contributed by atoms with E-state index in [1.807, 2.05) is 0 Å². The number of nitrogens with zero attached hydrogens (tertiary/aromatic N) is 2. The van der Waals surface area contributed by atoms with E-state index in [9.17, 15) is 0 Å². The molecule has 266 valence electrons. The second kappa shape index (κ2) is 11.5. The Morgan fingerprint density at radius 3 is 1.14 bits per heavy atom. The molecule has 2 N–H and O–H groups in total. The van der Waals surface area contributed by atoms with Gasteiger partial charge in [0.1, 0.15) is 0 Å². The van der Waals surface area contributed by atoms with Crippen LogP contribution in [0, 0.1) is 0 Å². The monoisotopic (exact) mass is 718 g/mol. The number of allylic oxidation sites excluding steroid dienone is 2. The standard InChI is InChI=1S/C52H38N4/c1-5-13-33-29(9-1)17-21-37-41-26-46-51-35-15-7-3-11-31(35)19-23-39(51)43(55-46)28-48-52-36-16-8-4-12-32(36)20-24-40(52)44(56-48)27-47-50-34-14-6-2-10-30(34)18-22-38(50)42(54-47)25-45(53-41)49(33)37/h1-16,25-28,53,56H,17-24H2. The van der Waals surface area contributed by atoms with E-state index in [2.05, 4.69) is 131 Å². The van der Waals surface area contributed by atoms with Crippen molar-refractivity contribution in [2.24, 2.45) is 0 Å². The summed E-state index contributed by atoms with van der Waals surface area (Å²) in [5.74, 6) is 0. The zero-order valence-electron chi connectivity index (χ0n) is 31.1. The number of aromatic nitrogens is 4. The van der Waals surface area contributed by atoms with Crippen molar-refractivity contribution in [1.29, 1.82) is 0 Å². The average molecular weight is 719 g/mol. The van der Waals surface area contributed by atoms with Gasteiger partial charge in [0, 0.05) is 44.3 Å². The first-order chi connectivity index (χ1) is 27.7. The molecule has 56 heavy (non-hydrogen) atoms. The second-order valence-electron chi connectivity index (χ2n) is 16.3. The fourth-order valence-corrected chi connectivity index (χ4v) is 10.9. The van der Waals surface area contributed by atoms with Crippen molar-refractivity contribution in [1.82, 2.24) is 19.9 Å². The number of nitrogens with one attached hydrogen (secondary N) is 2. The van der Waals surface area contributed by atoms with E-state index in [1.54, 1.807) is 0 Å². The molecule has 0 spiro atoms. The van der Waals surface area contributed by atoms with Gasteiger partial charge in [-0.3, -0.25) is 0 Å². The zero-order chi connectivity index (χ0) is 36.5. The van der Waals surface area contributed by atoms with Crippen molar-refractivity contribution in [2.45, 2.75) is 51.4 Å². The molecule has 4 heteroatoms. The minimum Gasteiger partial charge on any atom is -0.355 e. The molecule has 0 fully saturated rings. The smallest absolute Gasteiger partial charge is 0.0739 e. The van der Waals surface area contributed by atoms with E-state index in [0.29, 0.717) is 0 Å². The van der Waals surface area contributed by atoms with Crippen LogP contribution in [-0.4, -0.2) is 19.9 Å². The lowest BCUT2D eigenvalue weighted by Gasteiger charge is -2.19. The van der Waals surface area contributed by atoms with Crippen LogP contribution < -0.4 is 0 Å². The van der Waals surface area contributed by atoms with Crippen LogP contribution in [0.15, 0.2) is 121 Å². The van der Waals surface area contributed by atoms with Crippen LogP contribution in [0.4, 0.5) is 0 Å². The van der Waals surface area contributed by atoms with Gasteiger partial charge >= 0.3 is 0 Å². The summed E-state index contributed by atoms with van der Waals surface area (Å²) >= 11 is 0. The molecule has 0 radical (unpaired) electrons. The van der Waals surface area contributed by atoms with Gasteiger partial charge < -0.3 is 9.97 Å². The fourth-order valence-electron chi connectivity index (χ4n) is 10.9. The van der Waals surface area contributed by atoms with E-state index in [-0.39, 0.29) is 0 Å². The van der Waals surface area contributed by atoms with E-state index < -0.39 is 0 Å². The number of hydrogen-bond acceptors (Lipinski definition) is 2. The maximum atomic E-state index is 5.60. The minimum atomic E-state index is 0.970. The summed E-state index contributed by atoms with van der Waals surface area (Å²) in [7, 11) is 0. The normalized spacial score (nSPS) is 15.9. The predicted octanol–water partition coefficient (Wildman–Crippen LogP) is 11.7. The molecule has 0 saturated heterocycles. The van der Waals surface area contributed by atoms with Gasteiger partial charge in [0.2, 0.25) is 0 Å². The van der Waals surface area contributed by atoms with Crippen LogP contribution in [0.2, 0.25) is 0 Å². The van der Waals surface area contributed by atoms with Crippen molar-refractivity contribution in [2.75, 3.05) is 0 Å². The Balaban J connectivity index is 1.20. The maximum Gasteiger partial charge on any atom is 0.0739 e. The zero-order valence-corrected chi connectivity index (χ0v) is 31.1. The van der Waals surface area contributed by atoms with E-state index in [0.717, 1.165) is 96.2 Å². The molecule has 0 amide bonds. The summed E-state index contributed by atoms with van der Waals surface area (Å²) in [5, 5.41) is 0. The second-order valence-corrected chi connectivity index (χ2v) is 16.3. The summed E-state index contributed by atoms with van der Waals surface area (Å²) in [6.45, 7) is 0. The van der Waals surface area contributed by atoms with Gasteiger partial charge in [-0.15, -0.1) is 0 Å². The lowest BCUT2D eigenvalue weighted by atomic mass is 9.83. The van der Waals surface area contributed by atoms with Crippen LogP contribution in [-0.2, 0) is 38.5 Å². The third kappa shape index (κ3) is 4.35. The number of aromatic amines is 2. The first-order valence-corrected chi connectivity index (χ1v) is 20.3. The molecule has 0 saturated carbocycles. The van der Waals surface area contributed by atoms with Crippen molar-refractivity contribution in [3.05, 3.63) is 189 Å². The third-order valence-electron chi connectivity index (χ3n) is 13.4. The first-order valence-electron chi connectivity index (χ1n) is 20.3. The predicted molar refractivity (Wildman–Crippen MR) is 228 cm³/mol. The minimum absolute atomic E-state index is 0.970. The van der Waals surface area contributed by atoms with Gasteiger partial charge in [-0.2, -0.15) is 0 Å². The molecule has 4 nitrogen and oxygen atoms in total. The van der Waals surface area contributed by atoms with E-state index >= 15 is 0 Å². The SMILES string of the molecule is c1ccc2c(c1)CCC1=C2c2cc3[nH]c(cc4nc(cc5[nH]c(cc1n2)c1c5CCc2ccccc2-1)C1=C4CCc2ccccc21)c1c3CCc2ccccc2-1. The van der Waals surface area contributed by atoms with Crippen molar-refractivity contribution >= 4 is 44.4 Å². The molecule has 8 bridgehead atoms. The molecule has 13 rings (SSSR count). The van der Waals surface area contributed by atoms with Crippen LogP contribution in [0.3, 0.4) is 0 Å². The number of benzene rings is 4. The Morgan fingerprint density at radius 2 is 0.696 bits per heavy atom. The number of H-pyrrole nitrogens is 2. The average Bonchev–Trinajstić information content (AvgIpc) is 3.99. The summed E-state index contributed by atoms with van der Waals surface area (Å²) in [6.07, 6.45) is 7.99. The third-order valence-corrected chi connectivity index (χ3v) is 13.4. The summed E-state index contributed by atoms with van der Waals surface area (Å²) in [4.78, 5) is 19.2. The number of fused-ring (bicyclic) bond motifs is 26. The Kier molecular flexibility index (Phi) is 6.32. The van der Waals surface area contributed by atoms with Gasteiger partial charge in [-0.05, 0) is 142 Å². The molecule has 2 aliphatic heterocycles. The Morgan fingerprint density at radius 1 is 0.339 bits per heavy atom. The Hall–Kier alpha value is -6.52. The summed E-state index contributed by atoms with van der Waals surface area (Å²) in [5.41, 5.74) is 30.4. The number of hydrogen-bond donors (Lipinski definition) is 2. The summed E-state index contributed by atoms with van der Waals surface area (Å²) < 4.78 is 0. The highest BCUT2D eigenvalue weighted by molar-refractivity contribution is 6.06. The first kappa shape index (κ1) is 30.8. The molecule has 0 unspecified atom stereocenters. The highest BCUT2D eigenvalue weighted by Crippen LogP contribution is 2.48. The van der Waals surface area contributed by atoms with Crippen LogP contribution in [0.25, 0.3) is 66.6 Å². The largest absolute Gasteiger partial charge is 0.355 e. The highest BCUT2D eigenvalue weighted by Gasteiger charge is 2.31. The lowest BCUT2D eigenvalue weighted by molar-refractivity contribution is 0.954. The molecule has 7 aromatic rings. The van der Waals surface area contributed by atoms with Crippen molar-refractivity contribution in [3.63, 3.8) is 0 Å². The number of rotatable bonds is 0. The van der Waals surface area contributed by atoms with Crippen LogP contribution in [0.5, 0.6) is 0 Å². The Bertz CT molecular complexity index is 2930. The maximum absolute atomic E-state index is 5.60. The van der Waals surface area contributed by atoms with Crippen molar-refractivity contribution in [3.8, 4) is 22.3 Å². The van der Waals surface area contributed by atoms with Crippen molar-refractivity contribution < 1.29 is 0 Å². The molecular weight excluding hydrogens is 681 g/mol. The van der Waals surface area contributed by atoms with Gasteiger partial charge in [-0.1, -0.05) is 97.1 Å². The lowest BCUT2D eigenvalue weighted by Crippen LogP contribution is -2.03. The summed E-state index contributed by atoms with van der Waals surface area (Å²) in [6, 6.07) is 45.4. The molecule has 5 heterocycles. The van der Waals surface area contributed by atoms with Crippen LogP contribution >= 0.6 is 0 Å². The molecule has 0 atom stereocenters. The van der Waals surface area contributed by atoms with Gasteiger partial charge in [0.05, 0.1) is 22.8 Å². The van der Waals surface area contributed by atoms with Gasteiger partial charge in [0.15, 0.2) is 0 Å². The van der Waals surface area contributed by atoms with Gasteiger partial charge in [0.25, 0.3) is 0 Å². The van der Waals surface area contributed by atoms with E-state index in [4.69, 9.17) is 9.97 Å². The number of aryl methyl sites for hydroxylation is 6. The molecule has 4 aromatic carbocycles. The van der Waals surface area contributed by atoms with Crippen LogP contribution in [0.1, 0.15) is 80.1 Å². The highest BCUT2D eigenvalue weighted by atomic mass is 14.8. The molecule has 6 aliphatic rings. The topological polar surface area (TPSA) is 57.4 Å². The Labute approximate surface area is 325 Å². The molecular formula is C52H38N4. The van der Waals surface area contributed by atoms with E-state index in [1.165, 1.54) is 89.1 Å². The molecule has 4 aliphatic carbocycles. The molecule has 3 aromatic heterocycles. The fraction of sp³-hybridized carbons (Fsp3) is 0.154. The van der Waals surface area contributed by atoms with Gasteiger partial charge in [-0.25, -0.2) is 9.97 Å². The quantitative estimate of drug-likeness (QED) is 0.164.